The number of nitrogens with zero attached hydrogens (tertiary/aromatic N) is 1. The lowest BCUT2D eigenvalue weighted by atomic mass is 9.95. The van der Waals surface area contributed by atoms with E-state index in [2.05, 4.69) is 0 Å². The molecular weight excluding hydrogens is 228 g/mol. The van der Waals surface area contributed by atoms with Crippen molar-refractivity contribution in [2.45, 2.75) is 25.9 Å². The minimum absolute atomic E-state index is 0.0747. The average Bonchev–Trinajstić information content (AvgIpc) is 2.35. The van der Waals surface area contributed by atoms with Gasteiger partial charge in [0, 0.05) is 18.8 Å². The van der Waals surface area contributed by atoms with Crippen LogP contribution >= 0.6 is 0 Å². The number of anilines is 1. The van der Waals surface area contributed by atoms with Crippen molar-refractivity contribution >= 4 is 11.6 Å². The van der Waals surface area contributed by atoms with Crippen LogP contribution in [0.2, 0.25) is 0 Å². The molecule has 98 valence electrons. The third-order valence-electron chi connectivity index (χ3n) is 3.61. The zero-order valence-electron chi connectivity index (χ0n) is 10.7. The second kappa shape index (κ2) is 5.40. The molecule has 1 aliphatic heterocycles. The van der Waals surface area contributed by atoms with E-state index in [9.17, 15) is 9.90 Å². The number of carbonyl (C=O) groups is 1. The third-order valence-corrected chi connectivity index (χ3v) is 3.61. The summed E-state index contributed by atoms with van der Waals surface area (Å²) in [6.45, 7) is 3.22. The number of hydrogen-bond donors (Lipinski definition) is 2. The number of aliphatic hydroxyl groups is 1. The Hall–Kier alpha value is -1.55. The molecule has 1 aliphatic rings. The number of likely N-dealkylation sites (tertiary alicyclic amines) is 1. The summed E-state index contributed by atoms with van der Waals surface area (Å²) in [5.74, 6) is 0.358. The van der Waals surface area contributed by atoms with E-state index < -0.39 is 6.10 Å². The van der Waals surface area contributed by atoms with E-state index in [0.29, 0.717) is 18.7 Å². The van der Waals surface area contributed by atoms with Crippen LogP contribution < -0.4 is 5.73 Å². The van der Waals surface area contributed by atoms with E-state index in [1.54, 1.807) is 17.0 Å². The Morgan fingerprint density at radius 2 is 2.11 bits per heavy atom. The maximum absolute atomic E-state index is 12.1. The van der Waals surface area contributed by atoms with Crippen molar-refractivity contribution in [3.63, 3.8) is 0 Å². The van der Waals surface area contributed by atoms with Crippen LogP contribution in [-0.2, 0) is 11.2 Å². The average molecular weight is 248 g/mol. The van der Waals surface area contributed by atoms with Crippen molar-refractivity contribution in [3.05, 3.63) is 29.8 Å². The highest BCUT2D eigenvalue weighted by Gasteiger charge is 2.26. The van der Waals surface area contributed by atoms with Gasteiger partial charge >= 0.3 is 0 Å². The highest BCUT2D eigenvalue weighted by atomic mass is 16.3. The molecule has 0 aromatic heterocycles. The first-order valence-electron chi connectivity index (χ1n) is 6.36. The standard InChI is InChI=1S/C14H20N2O2/c1-10-6-7-16(9-13(10)17)14(18)8-11-2-4-12(15)5-3-11/h2-5,10,13,17H,6-9,15H2,1H3. The molecule has 0 bridgehead atoms. The van der Waals surface area contributed by atoms with Crippen LogP contribution in [0.4, 0.5) is 5.69 Å². The number of carbonyl (C=O) groups excluding carboxylic acids is 1. The molecule has 2 rings (SSSR count). The highest BCUT2D eigenvalue weighted by Crippen LogP contribution is 2.18. The predicted octanol–water partition coefficient (Wildman–Crippen LogP) is 1.04. The number of aliphatic hydroxyl groups excluding tert-OH is 1. The van der Waals surface area contributed by atoms with Crippen LogP contribution in [0.1, 0.15) is 18.9 Å². The van der Waals surface area contributed by atoms with Gasteiger partial charge in [0.2, 0.25) is 5.91 Å². The number of rotatable bonds is 2. The molecule has 2 unspecified atom stereocenters. The summed E-state index contributed by atoms with van der Waals surface area (Å²) < 4.78 is 0. The van der Waals surface area contributed by atoms with E-state index in [1.807, 2.05) is 19.1 Å². The van der Waals surface area contributed by atoms with Gasteiger partial charge in [-0.2, -0.15) is 0 Å². The maximum atomic E-state index is 12.1. The Labute approximate surface area is 107 Å². The summed E-state index contributed by atoms with van der Waals surface area (Å²) in [5, 5.41) is 9.79. The number of benzene rings is 1. The van der Waals surface area contributed by atoms with Gasteiger partial charge < -0.3 is 15.7 Å². The van der Waals surface area contributed by atoms with Crippen LogP contribution in [0.5, 0.6) is 0 Å². The first-order chi connectivity index (χ1) is 8.56. The zero-order chi connectivity index (χ0) is 13.1. The summed E-state index contributed by atoms with van der Waals surface area (Å²) in [6, 6.07) is 7.35. The number of nitrogens with two attached hydrogens (primary N) is 1. The lowest BCUT2D eigenvalue weighted by Gasteiger charge is -2.34. The second-order valence-electron chi connectivity index (χ2n) is 5.09. The molecule has 1 aromatic rings. The van der Waals surface area contributed by atoms with Crippen molar-refractivity contribution in [1.29, 1.82) is 0 Å². The lowest BCUT2D eigenvalue weighted by molar-refractivity contribution is -0.134. The predicted molar refractivity (Wildman–Crippen MR) is 70.9 cm³/mol. The Morgan fingerprint density at radius 1 is 1.44 bits per heavy atom. The fraction of sp³-hybridized carbons (Fsp3) is 0.500. The van der Waals surface area contributed by atoms with Crippen LogP contribution in [0.15, 0.2) is 24.3 Å². The van der Waals surface area contributed by atoms with Crippen molar-refractivity contribution < 1.29 is 9.90 Å². The molecule has 3 N–H and O–H groups in total. The zero-order valence-corrected chi connectivity index (χ0v) is 10.7. The number of piperidine rings is 1. The van der Waals surface area contributed by atoms with Crippen molar-refractivity contribution in [2.24, 2.45) is 5.92 Å². The highest BCUT2D eigenvalue weighted by molar-refractivity contribution is 5.79. The molecule has 0 radical (unpaired) electrons. The quantitative estimate of drug-likeness (QED) is 0.769. The number of β-amino-alcohol motifs (C(OH)–C–C–N with tert-alkyl or cyclic N) is 1. The van der Waals surface area contributed by atoms with Gasteiger partial charge in [-0.1, -0.05) is 19.1 Å². The summed E-state index contributed by atoms with van der Waals surface area (Å²) in [5.41, 5.74) is 7.27. The minimum Gasteiger partial charge on any atom is -0.399 e. The molecule has 0 aliphatic carbocycles. The van der Waals surface area contributed by atoms with Crippen LogP contribution in [0.25, 0.3) is 0 Å². The Kier molecular flexibility index (Phi) is 3.87. The molecule has 0 saturated carbocycles. The molecule has 2 atom stereocenters. The smallest absolute Gasteiger partial charge is 0.227 e. The fourth-order valence-electron chi connectivity index (χ4n) is 2.20. The first kappa shape index (κ1) is 12.9. The monoisotopic (exact) mass is 248 g/mol. The molecule has 1 saturated heterocycles. The molecule has 4 nitrogen and oxygen atoms in total. The maximum Gasteiger partial charge on any atom is 0.227 e. The van der Waals surface area contributed by atoms with E-state index in [4.69, 9.17) is 5.73 Å². The molecule has 1 fully saturated rings. The topological polar surface area (TPSA) is 66.6 Å². The van der Waals surface area contributed by atoms with Gasteiger partial charge in [0.05, 0.1) is 12.5 Å². The third kappa shape index (κ3) is 3.01. The largest absolute Gasteiger partial charge is 0.399 e. The van der Waals surface area contributed by atoms with Crippen molar-refractivity contribution in [3.8, 4) is 0 Å². The molecule has 0 spiro atoms. The molecule has 4 heteroatoms. The van der Waals surface area contributed by atoms with Crippen molar-refractivity contribution in [1.82, 2.24) is 4.90 Å². The molecule has 18 heavy (non-hydrogen) atoms. The summed E-state index contributed by atoms with van der Waals surface area (Å²) in [4.78, 5) is 13.8. The SMILES string of the molecule is CC1CCN(C(=O)Cc2ccc(N)cc2)CC1O. The summed E-state index contributed by atoms with van der Waals surface area (Å²) in [7, 11) is 0. The Morgan fingerprint density at radius 3 is 2.72 bits per heavy atom. The van der Waals surface area contributed by atoms with Gasteiger partial charge in [0.25, 0.3) is 0 Å². The van der Waals surface area contributed by atoms with Crippen LogP contribution in [-0.4, -0.2) is 35.1 Å². The fourth-order valence-corrected chi connectivity index (χ4v) is 2.20. The minimum atomic E-state index is -0.394. The Balaban J connectivity index is 1.94. The van der Waals surface area contributed by atoms with E-state index in [-0.39, 0.29) is 11.8 Å². The van der Waals surface area contributed by atoms with Crippen LogP contribution in [0.3, 0.4) is 0 Å². The summed E-state index contributed by atoms with van der Waals surface area (Å²) >= 11 is 0. The van der Waals surface area contributed by atoms with Gasteiger partial charge in [-0.3, -0.25) is 4.79 Å². The Bertz CT molecular complexity index is 416. The molecular formula is C14H20N2O2. The van der Waals surface area contributed by atoms with Gasteiger partial charge in [-0.05, 0) is 30.0 Å². The summed E-state index contributed by atoms with van der Waals surface area (Å²) in [6.07, 6.45) is 0.852. The number of amides is 1. The molecule has 1 aromatic carbocycles. The number of hydrogen-bond acceptors (Lipinski definition) is 3. The molecule has 1 amide bonds. The van der Waals surface area contributed by atoms with Gasteiger partial charge in [0.1, 0.15) is 0 Å². The van der Waals surface area contributed by atoms with Crippen molar-refractivity contribution in [2.75, 3.05) is 18.8 Å². The second-order valence-corrected chi connectivity index (χ2v) is 5.09. The normalized spacial score (nSPS) is 24.0. The van der Waals surface area contributed by atoms with E-state index in [0.717, 1.165) is 18.5 Å². The van der Waals surface area contributed by atoms with Gasteiger partial charge in [-0.15, -0.1) is 0 Å². The number of nitrogen functional groups attached to an aromatic ring is 1. The van der Waals surface area contributed by atoms with E-state index >= 15 is 0 Å². The van der Waals surface area contributed by atoms with E-state index in [1.165, 1.54) is 0 Å². The molecule has 1 heterocycles. The first-order valence-corrected chi connectivity index (χ1v) is 6.36. The van der Waals surface area contributed by atoms with Crippen LogP contribution in [0, 0.1) is 5.92 Å². The van der Waals surface area contributed by atoms with Gasteiger partial charge in [-0.25, -0.2) is 0 Å². The van der Waals surface area contributed by atoms with Gasteiger partial charge in [0.15, 0.2) is 0 Å². The lowest BCUT2D eigenvalue weighted by Crippen LogP contribution is -2.46.